The highest BCUT2D eigenvalue weighted by atomic mass is 16.3. The summed E-state index contributed by atoms with van der Waals surface area (Å²) in [4.78, 5) is 66.2. The smallest absolute Gasteiger partial charge is 0.246 e. The quantitative estimate of drug-likeness (QED) is 0.346. The van der Waals surface area contributed by atoms with Crippen LogP contribution >= 0.6 is 0 Å². The summed E-state index contributed by atoms with van der Waals surface area (Å²) in [5, 5.41) is 17.8. The van der Waals surface area contributed by atoms with Crippen molar-refractivity contribution in [2.24, 2.45) is 5.92 Å². The molecule has 0 aliphatic carbocycles. The average molecular weight is 511 g/mol. The van der Waals surface area contributed by atoms with E-state index < -0.39 is 41.6 Å². The molecule has 0 spiro atoms. The van der Waals surface area contributed by atoms with Crippen molar-refractivity contribution in [3.05, 3.63) is 0 Å². The number of aliphatic hydroxyl groups excluding tert-OH is 1. The van der Waals surface area contributed by atoms with Gasteiger partial charge in [0.05, 0.1) is 0 Å². The van der Waals surface area contributed by atoms with Crippen LogP contribution in [-0.4, -0.2) is 75.7 Å². The Hall–Kier alpha value is -2.49. The monoisotopic (exact) mass is 510 g/mol. The van der Waals surface area contributed by atoms with E-state index in [1.807, 2.05) is 13.8 Å². The number of rotatable bonds is 9. The SMILES string of the molecule is C.CC[C@]1(C)NC(=O)[C@H](CCCCCC(=O)[C@@H](C)O)NC(=O)[C@H]2CCCN2C(=O)[C@H](C(C)C)NC1=O. The first kappa shape index (κ1) is 31.5. The molecule has 2 rings (SSSR count). The van der Waals surface area contributed by atoms with E-state index in [2.05, 4.69) is 16.0 Å². The first-order valence-corrected chi connectivity index (χ1v) is 12.9. The number of Topliss-reactive ketones (excluding diaryl/α,β-unsaturated/α-hetero) is 1. The van der Waals surface area contributed by atoms with Gasteiger partial charge in [-0.2, -0.15) is 0 Å². The molecule has 2 aliphatic rings. The summed E-state index contributed by atoms with van der Waals surface area (Å²) in [6, 6.07) is -2.35. The number of aliphatic hydroxyl groups is 1. The first-order chi connectivity index (χ1) is 16.4. The van der Waals surface area contributed by atoms with Crippen LogP contribution in [0.15, 0.2) is 0 Å². The van der Waals surface area contributed by atoms with E-state index in [1.54, 1.807) is 13.8 Å². The van der Waals surface area contributed by atoms with Gasteiger partial charge in [-0.05, 0) is 51.9 Å². The van der Waals surface area contributed by atoms with Gasteiger partial charge >= 0.3 is 0 Å². The van der Waals surface area contributed by atoms with E-state index in [4.69, 9.17) is 0 Å². The number of amides is 4. The molecule has 4 amide bonds. The number of fused-ring (bicyclic) bond motifs is 1. The minimum Gasteiger partial charge on any atom is -0.386 e. The number of carbonyl (C=O) groups is 5. The number of nitrogens with one attached hydrogen (secondary N) is 3. The number of unbranched alkanes of at least 4 members (excludes halogenated alkanes) is 2. The summed E-state index contributed by atoms with van der Waals surface area (Å²) in [6.07, 6.45) is 2.86. The minimum absolute atomic E-state index is 0. The topological polar surface area (TPSA) is 145 Å². The highest BCUT2D eigenvalue weighted by Crippen LogP contribution is 2.22. The maximum atomic E-state index is 13.4. The Bertz CT molecular complexity index is 814. The molecule has 10 heteroatoms. The maximum Gasteiger partial charge on any atom is 0.246 e. The van der Waals surface area contributed by atoms with Crippen molar-refractivity contribution in [3.8, 4) is 0 Å². The van der Waals surface area contributed by atoms with E-state index >= 15 is 0 Å². The summed E-state index contributed by atoms with van der Waals surface area (Å²) in [6.45, 7) is 8.94. The second-order valence-corrected chi connectivity index (χ2v) is 10.4. The number of hydrogen-bond donors (Lipinski definition) is 4. The largest absolute Gasteiger partial charge is 0.386 e. The Balaban J connectivity index is 0.00000648. The van der Waals surface area contributed by atoms with Gasteiger partial charge in [-0.3, -0.25) is 24.0 Å². The van der Waals surface area contributed by atoms with Crippen LogP contribution in [0.4, 0.5) is 0 Å². The summed E-state index contributed by atoms with van der Waals surface area (Å²) >= 11 is 0. The van der Waals surface area contributed by atoms with Crippen molar-refractivity contribution < 1.29 is 29.1 Å². The van der Waals surface area contributed by atoms with Gasteiger partial charge in [0.25, 0.3) is 0 Å². The molecule has 2 aliphatic heterocycles. The zero-order chi connectivity index (χ0) is 26.3. The van der Waals surface area contributed by atoms with Crippen LogP contribution in [0.2, 0.25) is 0 Å². The zero-order valence-electron chi connectivity index (χ0n) is 21.7. The van der Waals surface area contributed by atoms with Gasteiger partial charge in [0.1, 0.15) is 29.8 Å². The molecule has 0 saturated carbocycles. The molecule has 2 heterocycles. The predicted molar refractivity (Wildman–Crippen MR) is 137 cm³/mol. The predicted octanol–water partition coefficient (Wildman–Crippen LogP) is 1.44. The number of hydrogen-bond acceptors (Lipinski definition) is 6. The third-order valence-electron chi connectivity index (χ3n) is 7.18. The molecule has 0 aromatic carbocycles. The Labute approximate surface area is 215 Å². The average Bonchev–Trinajstić information content (AvgIpc) is 3.29. The molecule has 2 saturated heterocycles. The lowest BCUT2D eigenvalue weighted by Crippen LogP contribution is -2.65. The lowest BCUT2D eigenvalue weighted by Gasteiger charge is -2.36. The van der Waals surface area contributed by atoms with E-state index in [1.165, 1.54) is 11.8 Å². The number of nitrogens with zero attached hydrogens (tertiary/aromatic N) is 1. The second kappa shape index (κ2) is 13.7. The molecule has 0 unspecified atom stereocenters. The fraction of sp³-hybridized carbons (Fsp3) is 0.808. The van der Waals surface area contributed by atoms with Crippen molar-refractivity contribution in [1.82, 2.24) is 20.9 Å². The van der Waals surface area contributed by atoms with E-state index in [-0.39, 0.29) is 37.4 Å². The van der Waals surface area contributed by atoms with Gasteiger partial charge in [0.2, 0.25) is 23.6 Å². The van der Waals surface area contributed by atoms with Crippen LogP contribution < -0.4 is 16.0 Å². The number of carbonyl (C=O) groups excluding carboxylic acids is 5. The van der Waals surface area contributed by atoms with Gasteiger partial charge in [-0.1, -0.05) is 41.0 Å². The highest BCUT2D eigenvalue weighted by molar-refractivity contribution is 5.99. The lowest BCUT2D eigenvalue weighted by atomic mass is 9.93. The maximum absolute atomic E-state index is 13.4. The fourth-order valence-electron chi connectivity index (χ4n) is 4.53. The lowest BCUT2D eigenvalue weighted by molar-refractivity contribution is -0.145. The fourth-order valence-corrected chi connectivity index (χ4v) is 4.53. The van der Waals surface area contributed by atoms with Crippen molar-refractivity contribution in [1.29, 1.82) is 0 Å². The van der Waals surface area contributed by atoms with Crippen LogP contribution in [0.1, 0.15) is 93.4 Å². The molecule has 36 heavy (non-hydrogen) atoms. The van der Waals surface area contributed by atoms with Gasteiger partial charge in [0.15, 0.2) is 5.78 Å². The summed E-state index contributed by atoms with van der Waals surface area (Å²) < 4.78 is 0. The van der Waals surface area contributed by atoms with Crippen molar-refractivity contribution in [3.63, 3.8) is 0 Å². The summed E-state index contributed by atoms with van der Waals surface area (Å²) in [5.74, 6) is -1.95. The van der Waals surface area contributed by atoms with Crippen molar-refractivity contribution >= 4 is 29.4 Å². The number of ketones is 1. The van der Waals surface area contributed by atoms with Crippen LogP contribution in [0.5, 0.6) is 0 Å². The third-order valence-corrected chi connectivity index (χ3v) is 7.18. The Morgan fingerprint density at radius 2 is 1.75 bits per heavy atom. The molecule has 0 aromatic heterocycles. The van der Waals surface area contributed by atoms with Crippen molar-refractivity contribution in [2.45, 2.75) is 123 Å². The van der Waals surface area contributed by atoms with Gasteiger partial charge < -0.3 is 26.0 Å². The van der Waals surface area contributed by atoms with Crippen LogP contribution in [0.25, 0.3) is 0 Å². The van der Waals surface area contributed by atoms with Crippen LogP contribution in [0.3, 0.4) is 0 Å². The molecular weight excluding hydrogens is 464 g/mol. The summed E-state index contributed by atoms with van der Waals surface area (Å²) in [5.41, 5.74) is -1.25. The van der Waals surface area contributed by atoms with Gasteiger partial charge in [-0.25, -0.2) is 0 Å². The Morgan fingerprint density at radius 1 is 1.08 bits per heavy atom. The summed E-state index contributed by atoms with van der Waals surface area (Å²) in [7, 11) is 0. The van der Waals surface area contributed by atoms with Gasteiger partial charge in [-0.15, -0.1) is 0 Å². The molecule has 5 atom stereocenters. The van der Waals surface area contributed by atoms with Crippen LogP contribution in [0, 0.1) is 5.92 Å². The standard InChI is InChI=1S/C25H42N4O6.CH4/c1-6-25(5)24(35)27-20(15(2)3)23(34)29-14-10-12-18(29)22(33)26-17(21(32)28-25)11-8-7-9-13-19(31)16(4)30;/h15-18,20,30H,6-14H2,1-5H3,(H,26,33)(H,27,35)(H,28,32);1H4/t16-,17+,18-,20+,25+;/m1./s1. The molecule has 206 valence electrons. The third kappa shape index (κ3) is 7.75. The molecule has 10 nitrogen and oxygen atoms in total. The van der Waals surface area contributed by atoms with Gasteiger partial charge in [0, 0.05) is 13.0 Å². The molecule has 0 bridgehead atoms. The van der Waals surface area contributed by atoms with Crippen LogP contribution in [-0.2, 0) is 24.0 Å². The molecule has 2 fully saturated rings. The van der Waals surface area contributed by atoms with E-state index in [0.717, 1.165) is 0 Å². The Kier molecular flexibility index (Phi) is 12.0. The molecule has 0 aromatic rings. The zero-order valence-corrected chi connectivity index (χ0v) is 21.7. The van der Waals surface area contributed by atoms with Crippen molar-refractivity contribution in [2.75, 3.05) is 6.54 Å². The van der Waals surface area contributed by atoms with E-state index in [0.29, 0.717) is 51.5 Å². The minimum atomic E-state index is -1.25. The molecule has 0 radical (unpaired) electrons. The second-order valence-electron chi connectivity index (χ2n) is 10.4. The van der Waals surface area contributed by atoms with E-state index in [9.17, 15) is 29.1 Å². The molecule has 4 N–H and O–H groups in total. The molecular formula is C26H46N4O6. The highest BCUT2D eigenvalue weighted by Gasteiger charge is 2.43. The normalized spacial score (nSPS) is 28.2. The first-order valence-electron chi connectivity index (χ1n) is 12.9. The Morgan fingerprint density at radius 3 is 2.33 bits per heavy atom.